The van der Waals surface area contributed by atoms with Gasteiger partial charge in [-0.2, -0.15) is 0 Å². The lowest BCUT2D eigenvalue weighted by Gasteiger charge is -2.45. The fourth-order valence-corrected chi connectivity index (χ4v) is 5.23. The third kappa shape index (κ3) is 3.76. The maximum Gasteiger partial charge on any atom is 0.291 e. The van der Waals surface area contributed by atoms with Crippen LogP contribution in [0.15, 0.2) is 47.1 Å². The Morgan fingerprint density at radius 1 is 1.31 bits per heavy atom. The van der Waals surface area contributed by atoms with Crippen LogP contribution in [0.3, 0.4) is 0 Å². The van der Waals surface area contributed by atoms with Crippen LogP contribution >= 0.6 is 11.6 Å². The molecule has 1 saturated heterocycles. The minimum atomic E-state index is -0.170. The number of benzene rings is 1. The number of likely N-dealkylation sites (tertiary alicyclic amines) is 1. The highest BCUT2D eigenvalue weighted by Gasteiger charge is 2.50. The van der Waals surface area contributed by atoms with Gasteiger partial charge in [-0.25, -0.2) is 0 Å². The zero-order valence-corrected chi connectivity index (χ0v) is 18.5. The van der Waals surface area contributed by atoms with E-state index in [1.54, 1.807) is 25.6 Å². The fraction of sp³-hybridized carbons (Fsp3) is 0.375. The van der Waals surface area contributed by atoms with Crippen molar-refractivity contribution in [2.75, 3.05) is 20.2 Å². The molecule has 166 valence electrons. The summed E-state index contributed by atoms with van der Waals surface area (Å²) in [6, 6.07) is 9.28. The first-order chi connectivity index (χ1) is 15.5. The largest absolute Gasteiger partial charge is 0.449 e. The lowest BCUT2D eigenvalue weighted by atomic mass is 9.65. The molecule has 2 aliphatic rings. The van der Waals surface area contributed by atoms with Gasteiger partial charge in [-0.1, -0.05) is 23.7 Å². The molecule has 1 saturated carbocycles. The first kappa shape index (κ1) is 21.0. The number of ether oxygens (including phenoxy) is 1. The predicted octanol–water partition coefficient (Wildman–Crippen LogP) is 4.05. The number of rotatable bonds is 5. The molecule has 0 atom stereocenters. The van der Waals surface area contributed by atoms with Crippen molar-refractivity contribution in [1.29, 1.82) is 0 Å². The van der Waals surface area contributed by atoms with Gasteiger partial charge in [0.2, 0.25) is 5.76 Å². The van der Waals surface area contributed by atoms with E-state index < -0.39 is 0 Å². The highest BCUT2D eigenvalue weighted by molar-refractivity contribution is 6.38. The van der Waals surface area contributed by atoms with E-state index in [1.807, 2.05) is 29.2 Å². The number of hydrogen-bond acceptors (Lipinski definition) is 5. The van der Waals surface area contributed by atoms with Crippen LogP contribution in [-0.2, 0) is 11.3 Å². The molecule has 2 amide bonds. The number of carbonyl (C=O) groups excluding carboxylic acids is 2. The quantitative estimate of drug-likeness (QED) is 0.630. The normalized spacial score (nSPS) is 22.3. The van der Waals surface area contributed by atoms with E-state index >= 15 is 0 Å². The van der Waals surface area contributed by atoms with Gasteiger partial charge in [-0.05, 0) is 48.4 Å². The molecule has 1 spiro atoms. The number of furan rings is 1. The number of methoxy groups -OCH3 is 1. The number of hydrogen-bond donors (Lipinski definition) is 1. The second kappa shape index (κ2) is 8.22. The van der Waals surface area contributed by atoms with Crippen molar-refractivity contribution < 1.29 is 18.7 Å². The SMILES string of the molecule is COCc1cncc(C(=O)NC2CC3(CCN(C(=O)c4oc5ccccc5c4Cl)C3)C2)c1. The topological polar surface area (TPSA) is 84.7 Å². The molecule has 3 aromatic rings. The molecule has 1 aliphatic carbocycles. The average Bonchev–Trinajstić information content (AvgIpc) is 3.36. The number of pyridine rings is 1. The number of nitrogens with one attached hydrogen (secondary N) is 1. The molecule has 2 fully saturated rings. The Morgan fingerprint density at radius 2 is 2.12 bits per heavy atom. The molecule has 0 unspecified atom stereocenters. The average molecular weight is 454 g/mol. The summed E-state index contributed by atoms with van der Waals surface area (Å²) < 4.78 is 10.9. The number of fused-ring (bicyclic) bond motifs is 1. The van der Waals surface area contributed by atoms with E-state index in [9.17, 15) is 9.59 Å². The van der Waals surface area contributed by atoms with Crippen molar-refractivity contribution in [3.05, 3.63) is 64.6 Å². The molecule has 0 radical (unpaired) electrons. The van der Waals surface area contributed by atoms with Gasteiger partial charge >= 0.3 is 0 Å². The Balaban J connectivity index is 1.19. The molecule has 32 heavy (non-hydrogen) atoms. The van der Waals surface area contributed by atoms with Crippen LogP contribution in [0.5, 0.6) is 0 Å². The Labute approximate surface area is 190 Å². The molecule has 5 rings (SSSR count). The van der Waals surface area contributed by atoms with Crippen molar-refractivity contribution >= 4 is 34.4 Å². The van der Waals surface area contributed by atoms with Crippen molar-refractivity contribution in [2.45, 2.75) is 31.9 Å². The molecule has 1 N–H and O–H groups in total. The van der Waals surface area contributed by atoms with E-state index in [4.69, 9.17) is 20.8 Å². The van der Waals surface area contributed by atoms with E-state index in [1.165, 1.54) is 0 Å². The minimum absolute atomic E-state index is 0.0439. The maximum atomic E-state index is 13.1. The Bertz CT molecular complexity index is 1180. The number of halogens is 1. The summed E-state index contributed by atoms with van der Waals surface area (Å²) in [5.74, 6) is -0.0931. The highest BCUT2D eigenvalue weighted by atomic mass is 35.5. The summed E-state index contributed by atoms with van der Waals surface area (Å²) in [5.41, 5.74) is 2.05. The van der Waals surface area contributed by atoms with Gasteiger partial charge in [0.05, 0.1) is 17.2 Å². The van der Waals surface area contributed by atoms with Crippen molar-refractivity contribution in [1.82, 2.24) is 15.2 Å². The molecule has 7 nitrogen and oxygen atoms in total. The summed E-state index contributed by atoms with van der Waals surface area (Å²) in [6.07, 6.45) is 5.87. The first-order valence-electron chi connectivity index (χ1n) is 10.7. The van der Waals surface area contributed by atoms with Crippen LogP contribution in [0.4, 0.5) is 0 Å². The molecule has 1 aromatic carbocycles. The van der Waals surface area contributed by atoms with Gasteiger partial charge in [-0.3, -0.25) is 14.6 Å². The molecule has 0 bridgehead atoms. The van der Waals surface area contributed by atoms with Crippen LogP contribution in [-0.4, -0.2) is 47.9 Å². The smallest absolute Gasteiger partial charge is 0.291 e. The van der Waals surface area contributed by atoms with Gasteiger partial charge in [0, 0.05) is 44.0 Å². The van der Waals surface area contributed by atoms with Crippen molar-refractivity contribution in [3.8, 4) is 0 Å². The standard InChI is InChI=1S/C24H24ClN3O4/c1-31-13-15-8-16(12-26-11-15)22(29)27-17-9-24(10-17)6-7-28(14-24)23(30)21-20(25)18-4-2-3-5-19(18)32-21/h2-5,8,11-12,17H,6-7,9-10,13-14H2,1H3,(H,27,29). The lowest BCUT2D eigenvalue weighted by molar-refractivity contribution is 0.0595. The number of carbonyl (C=O) groups is 2. The van der Waals surface area contributed by atoms with E-state index in [-0.39, 0.29) is 29.0 Å². The van der Waals surface area contributed by atoms with Crippen molar-refractivity contribution in [3.63, 3.8) is 0 Å². The summed E-state index contributed by atoms with van der Waals surface area (Å²) in [5, 5.41) is 4.21. The van der Waals surface area contributed by atoms with Gasteiger partial charge in [-0.15, -0.1) is 0 Å². The van der Waals surface area contributed by atoms with Crippen LogP contribution in [0.2, 0.25) is 5.02 Å². The molecular formula is C24H24ClN3O4. The number of para-hydroxylation sites is 1. The minimum Gasteiger partial charge on any atom is -0.449 e. The summed E-state index contributed by atoms with van der Waals surface area (Å²) in [6.45, 7) is 1.73. The second-order valence-corrected chi connectivity index (χ2v) is 9.19. The third-order valence-electron chi connectivity index (χ3n) is 6.52. The molecule has 1 aliphatic heterocycles. The number of aromatic nitrogens is 1. The summed E-state index contributed by atoms with van der Waals surface area (Å²) in [7, 11) is 1.61. The first-order valence-corrected chi connectivity index (χ1v) is 11.1. The zero-order chi connectivity index (χ0) is 22.3. The molecule has 3 heterocycles. The Hall–Kier alpha value is -2.90. The molecule has 2 aromatic heterocycles. The fourth-order valence-electron chi connectivity index (χ4n) is 4.95. The highest BCUT2D eigenvalue weighted by Crippen LogP contribution is 2.48. The van der Waals surface area contributed by atoms with Crippen LogP contribution < -0.4 is 5.32 Å². The van der Waals surface area contributed by atoms with Crippen molar-refractivity contribution in [2.24, 2.45) is 5.41 Å². The number of amides is 2. The monoisotopic (exact) mass is 453 g/mol. The van der Waals surface area contributed by atoms with E-state index in [0.29, 0.717) is 35.9 Å². The van der Waals surface area contributed by atoms with Gasteiger partial charge < -0.3 is 19.4 Å². The lowest BCUT2D eigenvalue weighted by Crippen LogP contribution is -2.52. The second-order valence-electron chi connectivity index (χ2n) is 8.81. The maximum absolute atomic E-state index is 13.1. The van der Waals surface area contributed by atoms with Crippen LogP contribution in [0.1, 0.15) is 45.7 Å². The predicted molar refractivity (Wildman–Crippen MR) is 120 cm³/mol. The van der Waals surface area contributed by atoms with E-state index in [2.05, 4.69) is 10.3 Å². The van der Waals surface area contributed by atoms with Gasteiger partial charge in [0.15, 0.2) is 0 Å². The summed E-state index contributed by atoms with van der Waals surface area (Å²) in [4.78, 5) is 31.6. The van der Waals surface area contributed by atoms with Gasteiger partial charge in [0.25, 0.3) is 11.8 Å². The molecule has 8 heteroatoms. The Kier molecular flexibility index (Phi) is 5.39. The van der Waals surface area contributed by atoms with E-state index in [0.717, 1.165) is 30.2 Å². The van der Waals surface area contributed by atoms with Crippen LogP contribution in [0, 0.1) is 5.41 Å². The number of nitrogens with zero attached hydrogens (tertiary/aromatic N) is 2. The summed E-state index contributed by atoms with van der Waals surface area (Å²) >= 11 is 6.42. The third-order valence-corrected chi connectivity index (χ3v) is 6.89. The van der Waals surface area contributed by atoms with Crippen LogP contribution in [0.25, 0.3) is 11.0 Å². The Morgan fingerprint density at radius 3 is 2.91 bits per heavy atom. The zero-order valence-electron chi connectivity index (χ0n) is 17.8. The van der Waals surface area contributed by atoms with Gasteiger partial charge in [0.1, 0.15) is 5.58 Å². The molecular weight excluding hydrogens is 430 g/mol.